The van der Waals surface area contributed by atoms with Crippen LogP contribution in [0, 0.1) is 0 Å². The summed E-state index contributed by atoms with van der Waals surface area (Å²) in [5.74, 6) is -1.57. The quantitative estimate of drug-likeness (QED) is 0.460. The van der Waals surface area contributed by atoms with Gasteiger partial charge in [-0.05, 0) is 61.7 Å². The van der Waals surface area contributed by atoms with Gasteiger partial charge in [0.15, 0.2) is 6.29 Å². The van der Waals surface area contributed by atoms with Crippen molar-refractivity contribution < 1.29 is 32.6 Å². The fourth-order valence-corrected chi connectivity index (χ4v) is 4.44. The predicted molar refractivity (Wildman–Crippen MR) is 122 cm³/mol. The average molecular weight is 497 g/mol. The van der Waals surface area contributed by atoms with E-state index >= 15 is 0 Å². The molecule has 178 valence electrons. The lowest BCUT2D eigenvalue weighted by molar-refractivity contribution is -0.187. The van der Waals surface area contributed by atoms with E-state index in [0.29, 0.717) is 23.7 Å². The smallest absolute Gasteiger partial charge is 0.335 e. The molecule has 0 aliphatic carbocycles. The molecule has 2 unspecified atom stereocenters. The van der Waals surface area contributed by atoms with Gasteiger partial charge in [-0.25, -0.2) is 17.9 Å². The SMILES string of the molecule is O=C(CC(CNS(=O)(=O)c1ccc(Cl)cc1)OC1CCCCO1)Nc1cccc(C(=O)O)c1. The lowest BCUT2D eigenvalue weighted by Gasteiger charge is -2.27. The maximum atomic E-state index is 12.6. The third-order valence-electron chi connectivity index (χ3n) is 4.91. The van der Waals surface area contributed by atoms with Crippen molar-refractivity contribution in [3.05, 3.63) is 59.1 Å². The number of hydrogen-bond acceptors (Lipinski definition) is 6. The van der Waals surface area contributed by atoms with Crippen molar-refractivity contribution in [1.82, 2.24) is 4.72 Å². The van der Waals surface area contributed by atoms with Crippen LogP contribution < -0.4 is 10.0 Å². The number of carboxylic acid groups (broad SMARTS) is 1. The summed E-state index contributed by atoms with van der Waals surface area (Å²) >= 11 is 5.82. The number of hydrogen-bond donors (Lipinski definition) is 3. The third kappa shape index (κ3) is 7.79. The van der Waals surface area contributed by atoms with Gasteiger partial charge in [0.05, 0.1) is 23.0 Å². The van der Waals surface area contributed by atoms with Crippen molar-refractivity contribution in [3.63, 3.8) is 0 Å². The van der Waals surface area contributed by atoms with E-state index in [2.05, 4.69) is 10.0 Å². The van der Waals surface area contributed by atoms with Gasteiger partial charge in [0, 0.05) is 23.9 Å². The lowest BCUT2D eigenvalue weighted by Crippen LogP contribution is -2.39. The molecule has 2 atom stereocenters. The molecule has 1 heterocycles. The molecule has 1 amide bonds. The number of nitrogens with one attached hydrogen (secondary N) is 2. The number of benzene rings is 2. The molecule has 0 radical (unpaired) electrons. The normalized spacial score (nSPS) is 17.3. The zero-order valence-corrected chi connectivity index (χ0v) is 19.3. The second-order valence-electron chi connectivity index (χ2n) is 7.50. The molecule has 0 spiro atoms. The molecule has 3 N–H and O–H groups in total. The summed E-state index contributed by atoms with van der Waals surface area (Å²) in [4.78, 5) is 23.8. The molecule has 0 saturated carbocycles. The van der Waals surface area contributed by atoms with Crippen LogP contribution in [-0.2, 0) is 24.3 Å². The first-order valence-corrected chi connectivity index (χ1v) is 12.2. The number of carbonyl (C=O) groups is 2. The molecular weight excluding hydrogens is 472 g/mol. The summed E-state index contributed by atoms with van der Waals surface area (Å²) in [6, 6.07) is 11.5. The number of amides is 1. The highest BCUT2D eigenvalue weighted by atomic mass is 35.5. The number of anilines is 1. The minimum atomic E-state index is -3.85. The number of sulfonamides is 1. The highest BCUT2D eigenvalue weighted by Gasteiger charge is 2.25. The molecule has 2 aromatic carbocycles. The third-order valence-corrected chi connectivity index (χ3v) is 6.60. The summed E-state index contributed by atoms with van der Waals surface area (Å²) in [6.45, 7) is 0.371. The molecular formula is C22H25ClN2O7S. The predicted octanol–water partition coefficient (Wildman–Crippen LogP) is 3.26. The number of ether oxygens (including phenoxy) is 2. The van der Waals surface area contributed by atoms with E-state index in [-0.39, 0.29) is 23.4 Å². The van der Waals surface area contributed by atoms with Crippen molar-refractivity contribution in [2.24, 2.45) is 0 Å². The second kappa shape index (κ2) is 11.6. The summed E-state index contributed by atoms with van der Waals surface area (Å²) in [5, 5.41) is 12.1. The Kier molecular flexibility index (Phi) is 8.81. The van der Waals surface area contributed by atoms with E-state index in [4.69, 9.17) is 26.2 Å². The highest BCUT2D eigenvalue weighted by molar-refractivity contribution is 7.89. The fraction of sp³-hybridized carbons (Fsp3) is 0.364. The van der Waals surface area contributed by atoms with E-state index in [1.807, 2.05) is 0 Å². The van der Waals surface area contributed by atoms with Crippen LogP contribution >= 0.6 is 11.6 Å². The monoisotopic (exact) mass is 496 g/mol. The van der Waals surface area contributed by atoms with Crippen LogP contribution in [0.2, 0.25) is 5.02 Å². The number of aromatic carboxylic acids is 1. The standard InChI is InChI=1S/C22H25ClN2O7S/c23-16-7-9-19(10-8-16)33(29,30)24-14-18(32-21-6-1-2-11-31-21)13-20(26)25-17-5-3-4-15(12-17)22(27)28/h3-5,7-10,12,18,21,24H,1-2,6,11,13-14H2,(H,25,26)(H,27,28). The Balaban J connectivity index is 1.66. The Morgan fingerprint density at radius 1 is 1.18 bits per heavy atom. The molecule has 0 bridgehead atoms. The maximum Gasteiger partial charge on any atom is 0.335 e. The molecule has 1 fully saturated rings. The van der Waals surface area contributed by atoms with Gasteiger partial charge >= 0.3 is 5.97 Å². The number of carbonyl (C=O) groups excluding carboxylic acids is 1. The Labute approximate surface area is 197 Å². The van der Waals surface area contributed by atoms with Crippen molar-refractivity contribution in [1.29, 1.82) is 0 Å². The van der Waals surface area contributed by atoms with E-state index in [0.717, 1.165) is 12.8 Å². The van der Waals surface area contributed by atoms with Gasteiger partial charge in [-0.15, -0.1) is 0 Å². The van der Waals surface area contributed by atoms with Gasteiger partial charge in [0.2, 0.25) is 15.9 Å². The summed E-state index contributed by atoms with van der Waals surface area (Å²) in [5.41, 5.74) is 0.348. The van der Waals surface area contributed by atoms with Crippen molar-refractivity contribution in [2.45, 2.75) is 43.0 Å². The van der Waals surface area contributed by atoms with Crippen molar-refractivity contribution in [3.8, 4) is 0 Å². The molecule has 0 aromatic heterocycles. The highest BCUT2D eigenvalue weighted by Crippen LogP contribution is 2.19. The number of rotatable bonds is 10. The largest absolute Gasteiger partial charge is 0.478 e. The van der Waals surface area contributed by atoms with Crippen LogP contribution in [-0.4, -0.2) is 50.9 Å². The van der Waals surface area contributed by atoms with Crippen LogP contribution in [0.15, 0.2) is 53.4 Å². The fourth-order valence-electron chi connectivity index (χ4n) is 3.25. The summed E-state index contributed by atoms with van der Waals surface area (Å²) < 4.78 is 39.2. The van der Waals surface area contributed by atoms with Gasteiger partial charge in [-0.2, -0.15) is 0 Å². The van der Waals surface area contributed by atoms with E-state index in [9.17, 15) is 18.0 Å². The first-order valence-electron chi connectivity index (χ1n) is 10.4. The maximum absolute atomic E-state index is 12.6. The van der Waals surface area contributed by atoms with E-state index in [1.165, 1.54) is 42.5 Å². The zero-order valence-electron chi connectivity index (χ0n) is 17.7. The van der Waals surface area contributed by atoms with Gasteiger partial charge < -0.3 is 19.9 Å². The summed E-state index contributed by atoms with van der Waals surface area (Å²) in [7, 11) is -3.85. The van der Waals surface area contributed by atoms with Crippen LogP contribution in [0.3, 0.4) is 0 Å². The van der Waals surface area contributed by atoms with Crippen LogP contribution in [0.5, 0.6) is 0 Å². The zero-order chi connectivity index (χ0) is 23.8. The van der Waals surface area contributed by atoms with E-state index < -0.39 is 34.3 Å². The second-order valence-corrected chi connectivity index (χ2v) is 9.70. The van der Waals surface area contributed by atoms with Gasteiger partial charge in [0.25, 0.3) is 0 Å². The van der Waals surface area contributed by atoms with Gasteiger partial charge in [-0.3, -0.25) is 4.79 Å². The molecule has 11 heteroatoms. The Morgan fingerprint density at radius 2 is 1.94 bits per heavy atom. The van der Waals surface area contributed by atoms with Crippen LogP contribution in [0.4, 0.5) is 5.69 Å². The lowest BCUT2D eigenvalue weighted by atomic mass is 10.2. The van der Waals surface area contributed by atoms with E-state index in [1.54, 1.807) is 6.07 Å². The minimum absolute atomic E-state index is 0.0342. The first kappa shape index (κ1) is 25.1. The molecule has 1 aliphatic rings. The van der Waals surface area contributed by atoms with Crippen LogP contribution in [0.1, 0.15) is 36.0 Å². The molecule has 2 aromatic rings. The Morgan fingerprint density at radius 3 is 2.61 bits per heavy atom. The first-order chi connectivity index (χ1) is 15.7. The number of halogens is 1. The molecule has 33 heavy (non-hydrogen) atoms. The average Bonchev–Trinajstić information content (AvgIpc) is 2.78. The number of carboxylic acids is 1. The van der Waals surface area contributed by atoms with Gasteiger partial charge in [-0.1, -0.05) is 17.7 Å². The topological polar surface area (TPSA) is 131 Å². The minimum Gasteiger partial charge on any atom is -0.478 e. The molecule has 3 rings (SSSR count). The van der Waals surface area contributed by atoms with Crippen LogP contribution in [0.25, 0.3) is 0 Å². The Bertz CT molecular complexity index is 1070. The Hall–Kier alpha value is -2.50. The van der Waals surface area contributed by atoms with Crippen molar-refractivity contribution in [2.75, 3.05) is 18.5 Å². The van der Waals surface area contributed by atoms with Gasteiger partial charge in [0.1, 0.15) is 0 Å². The molecule has 9 nitrogen and oxygen atoms in total. The summed E-state index contributed by atoms with van der Waals surface area (Å²) in [6.07, 6.45) is 0.948. The van der Waals surface area contributed by atoms with Crippen molar-refractivity contribution >= 4 is 39.2 Å². The molecule has 1 saturated heterocycles. The molecule has 1 aliphatic heterocycles.